The van der Waals surface area contributed by atoms with Crippen molar-refractivity contribution in [3.05, 3.63) is 29.8 Å². The van der Waals surface area contributed by atoms with E-state index in [4.69, 9.17) is 4.74 Å². The first kappa shape index (κ1) is 15.1. The molecule has 4 heteroatoms. The molecule has 1 amide bonds. The van der Waals surface area contributed by atoms with Crippen molar-refractivity contribution in [2.75, 3.05) is 7.11 Å². The molecule has 0 aromatic heterocycles. The monoisotopic (exact) mass is 300 g/mol. The van der Waals surface area contributed by atoms with Gasteiger partial charge >= 0.3 is 0 Å². The van der Waals surface area contributed by atoms with Crippen LogP contribution < -0.4 is 10.2 Å². The summed E-state index contributed by atoms with van der Waals surface area (Å²) in [5.74, 6) is 1.62. The Morgan fingerprint density at radius 1 is 1.32 bits per heavy atom. The number of benzene rings is 1. The second kappa shape index (κ2) is 5.75. The number of nitrogens with zero attached hydrogens (tertiary/aromatic N) is 1. The summed E-state index contributed by atoms with van der Waals surface area (Å²) in [5, 5.41) is 4.28. The lowest BCUT2D eigenvalue weighted by atomic mass is 9.90. The summed E-state index contributed by atoms with van der Waals surface area (Å²) in [6.07, 6.45) is 4.88. The van der Waals surface area contributed by atoms with Gasteiger partial charge in [0.05, 0.1) is 12.8 Å². The van der Waals surface area contributed by atoms with E-state index in [9.17, 15) is 4.79 Å². The molecule has 1 N–H and O–H groups in total. The largest absolute Gasteiger partial charge is 0.497 e. The molecule has 2 aliphatic rings. The lowest BCUT2D eigenvalue weighted by Crippen LogP contribution is -2.23. The van der Waals surface area contributed by atoms with Crippen molar-refractivity contribution >= 4 is 11.6 Å². The Kier molecular flexibility index (Phi) is 3.94. The van der Waals surface area contributed by atoms with Gasteiger partial charge in [0.15, 0.2) is 0 Å². The third-order valence-electron chi connectivity index (χ3n) is 5.46. The number of carbonyl (C=O) groups excluding carboxylic acids is 1. The van der Waals surface area contributed by atoms with Crippen LogP contribution in [0.2, 0.25) is 0 Å². The predicted molar refractivity (Wildman–Crippen MR) is 86.9 cm³/mol. The smallest absolute Gasteiger partial charge is 0.244 e. The van der Waals surface area contributed by atoms with Crippen LogP contribution in [0.15, 0.2) is 29.4 Å². The highest BCUT2D eigenvalue weighted by Crippen LogP contribution is 2.66. The van der Waals surface area contributed by atoms with Gasteiger partial charge in [0.2, 0.25) is 5.91 Å². The average Bonchev–Trinajstić information content (AvgIpc) is 3.18. The fourth-order valence-corrected chi connectivity index (χ4v) is 3.96. The summed E-state index contributed by atoms with van der Waals surface area (Å²) < 4.78 is 5.14. The van der Waals surface area contributed by atoms with Crippen LogP contribution in [0.4, 0.5) is 0 Å². The lowest BCUT2D eigenvalue weighted by Gasteiger charge is -2.15. The second-order valence-electron chi connectivity index (χ2n) is 6.74. The molecular weight excluding hydrogens is 276 g/mol. The van der Waals surface area contributed by atoms with Gasteiger partial charge in [0.25, 0.3) is 0 Å². The van der Waals surface area contributed by atoms with Gasteiger partial charge < -0.3 is 4.74 Å². The standard InChI is InChI=1S/C18H24N2O2/c1-12(13-7-9-14(22-3)10-8-13)19-20-17(21)16-15-6-4-5-11-18(15,16)2/h7-10,15-16H,4-6,11H2,1-3H3,(H,20,21)/b19-12-/t15-,16+,18-/m0/s1. The van der Waals surface area contributed by atoms with E-state index in [1.165, 1.54) is 25.7 Å². The van der Waals surface area contributed by atoms with E-state index in [1.807, 2.05) is 31.2 Å². The highest BCUT2D eigenvalue weighted by atomic mass is 16.5. The van der Waals surface area contributed by atoms with Crippen LogP contribution >= 0.6 is 0 Å². The lowest BCUT2D eigenvalue weighted by molar-refractivity contribution is -0.123. The number of methoxy groups -OCH3 is 1. The van der Waals surface area contributed by atoms with Crippen molar-refractivity contribution in [2.24, 2.45) is 22.4 Å². The van der Waals surface area contributed by atoms with Crippen LogP contribution in [0, 0.1) is 17.3 Å². The second-order valence-corrected chi connectivity index (χ2v) is 6.74. The van der Waals surface area contributed by atoms with Gasteiger partial charge in [-0.1, -0.05) is 19.8 Å². The molecule has 0 spiro atoms. The molecule has 0 unspecified atom stereocenters. The molecule has 3 atom stereocenters. The molecule has 2 aliphatic carbocycles. The molecule has 118 valence electrons. The van der Waals surface area contributed by atoms with Gasteiger partial charge in [-0.05, 0) is 60.9 Å². The molecule has 1 aromatic rings. The Morgan fingerprint density at radius 2 is 2.05 bits per heavy atom. The van der Waals surface area contributed by atoms with E-state index in [0.717, 1.165) is 17.0 Å². The van der Waals surface area contributed by atoms with Crippen LogP contribution in [0.1, 0.15) is 45.1 Å². The molecular formula is C18H24N2O2. The molecule has 2 fully saturated rings. The number of hydrazone groups is 1. The number of amides is 1. The first-order chi connectivity index (χ1) is 10.6. The van der Waals surface area contributed by atoms with Gasteiger partial charge in [-0.25, -0.2) is 5.43 Å². The normalized spacial score (nSPS) is 30.4. The minimum atomic E-state index is 0.0854. The predicted octanol–water partition coefficient (Wildman–Crippen LogP) is 3.36. The van der Waals surface area contributed by atoms with Crippen LogP contribution in [-0.4, -0.2) is 18.7 Å². The molecule has 2 saturated carbocycles. The summed E-state index contributed by atoms with van der Waals surface area (Å²) in [4.78, 5) is 12.4. The number of fused-ring (bicyclic) bond motifs is 1. The quantitative estimate of drug-likeness (QED) is 0.684. The minimum absolute atomic E-state index is 0.0854. The van der Waals surface area contributed by atoms with E-state index in [0.29, 0.717) is 5.92 Å². The summed E-state index contributed by atoms with van der Waals surface area (Å²) >= 11 is 0. The van der Waals surface area contributed by atoms with Crippen molar-refractivity contribution in [1.82, 2.24) is 5.43 Å². The molecule has 3 rings (SSSR count). The number of hydrogen-bond donors (Lipinski definition) is 1. The van der Waals surface area contributed by atoms with E-state index in [1.54, 1.807) is 7.11 Å². The Morgan fingerprint density at radius 3 is 2.64 bits per heavy atom. The highest BCUT2D eigenvalue weighted by molar-refractivity contribution is 5.99. The molecule has 0 saturated heterocycles. The summed E-state index contributed by atoms with van der Waals surface area (Å²) in [6, 6.07) is 7.68. The van der Waals surface area contributed by atoms with E-state index >= 15 is 0 Å². The molecule has 0 radical (unpaired) electrons. The Bertz CT molecular complexity index is 594. The van der Waals surface area contributed by atoms with Crippen molar-refractivity contribution < 1.29 is 9.53 Å². The van der Waals surface area contributed by atoms with Crippen LogP contribution in [0.3, 0.4) is 0 Å². The molecule has 0 aliphatic heterocycles. The maximum Gasteiger partial charge on any atom is 0.244 e. The Hall–Kier alpha value is -1.84. The molecule has 4 nitrogen and oxygen atoms in total. The third-order valence-corrected chi connectivity index (χ3v) is 5.46. The number of hydrogen-bond acceptors (Lipinski definition) is 3. The van der Waals surface area contributed by atoms with Crippen molar-refractivity contribution in [2.45, 2.75) is 39.5 Å². The average molecular weight is 300 g/mol. The van der Waals surface area contributed by atoms with Crippen LogP contribution in [0.25, 0.3) is 0 Å². The summed E-state index contributed by atoms with van der Waals surface area (Å²) in [6.45, 7) is 4.16. The fraction of sp³-hybridized carbons (Fsp3) is 0.556. The number of carbonyl (C=O) groups is 1. The van der Waals surface area contributed by atoms with Crippen molar-refractivity contribution in [3.63, 3.8) is 0 Å². The summed E-state index contributed by atoms with van der Waals surface area (Å²) in [7, 11) is 1.64. The van der Waals surface area contributed by atoms with Crippen LogP contribution in [-0.2, 0) is 4.79 Å². The van der Waals surface area contributed by atoms with Crippen molar-refractivity contribution in [3.8, 4) is 5.75 Å². The maximum atomic E-state index is 12.4. The maximum absolute atomic E-state index is 12.4. The zero-order valence-corrected chi connectivity index (χ0v) is 13.6. The first-order valence-corrected chi connectivity index (χ1v) is 8.05. The number of rotatable bonds is 4. The van der Waals surface area contributed by atoms with Gasteiger partial charge in [-0.15, -0.1) is 0 Å². The molecule has 0 heterocycles. The van der Waals surface area contributed by atoms with Crippen LogP contribution in [0.5, 0.6) is 5.75 Å². The summed E-state index contributed by atoms with van der Waals surface area (Å²) in [5.41, 5.74) is 4.80. The van der Waals surface area contributed by atoms with Gasteiger partial charge in [0, 0.05) is 5.92 Å². The van der Waals surface area contributed by atoms with E-state index in [-0.39, 0.29) is 17.2 Å². The third kappa shape index (κ3) is 2.62. The Balaban J connectivity index is 1.62. The van der Waals surface area contributed by atoms with Gasteiger partial charge in [0.1, 0.15) is 5.75 Å². The van der Waals surface area contributed by atoms with Gasteiger partial charge in [-0.2, -0.15) is 5.10 Å². The molecule has 0 bridgehead atoms. The zero-order chi connectivity index (χ0) is 15.7. The number of nitrogens with one attached hydrogen (secondary N) is 1. The molecule has 22 heavy (non-hydrogen) atoms. The van der Waals surface area contributed by atoms with Gasteiger partial charge in [-0.3, -0.25) is 4.79 Å². The van der Waals surface area contributed by atoms with E-state index < -0.39 is 0 Å². The van der Waals surface area contributed by atoms with Crippen molar-refractivity contribution in [1.29, 1.82) is 0 Å². The fourth-order valence-electron chi connectivity index (χ4n) is 3.96. The van der Waals surface area contributed by atoms with E-state index in [2.05, 4.69) is 17.5 Å². The number of ether oxygens (including phenoxy) is 1. The highest BCUT2D eigenvalue weighted by Gasteiger charge is 2.64. The Labute approximate surface area is 131 Å². The minimum Gasteiger partial charge on any atom is -0.497 e. The topological polar surface area (TPSA) is 50.7 Å². The zero-order valence-electron chi connectivity index (χ0n) is 13.6. The molecule has 1 aromatic carbocycles. The first-order valence-electron chi connectivity index (χ1n) is 8.05. The SMILES string of the molecule is COc1ccc(/C(C)=N\NC(=O)[C@H]2[C@@H]3CCCC[C@@]32C)cc1.